The number of rotatable bonds is 6. The number of nitrogens with zero attached hydrogens (tertiary/aromatic N) is 3. The molecular weight excluding hydrogens is 597 g/mol. The van der Waals surface area contributed by atoms with Gasteiger partial charge in [0, 0.05) is 26.2 Å². The van der Waals surface area contributed by atoms with Crippen LogP contribution >= 0.6 is 0 Å². The molecule has 0 spiro atoms. The Hall–Kier alpha value is -4.77. The lowest BCUT2D eigenvalue weighted by Gasteiger charge is -2.24. The summed E-state index contributed by atoms with van der Waals surface area (Å²) < 4.78 is 39.6. The maximum atomic E-state index is 13.5. The normalized spacial score (nSPS) is 16.3. The Morgan fingerprint density at radius 1 is 1.00 bits per heavy atom. The van der Waals surface area contributed by atoms with E-state index in [-0.39, 0.29) is 30.1 Å². The van der Waals surface area contributed by atoms with Gasteiger partial charge in [0.15, 0.2) is 6.10 Å². The Bertz CT molecular complexity index is 1880. The first-order valence-electron chi connectivity index (χ1n) is 15.1. The van der Waals surface area contributed by atoms with Crippen molar-refractivity contribution in [3.05, 3.63) is 122 Å². The molecule has 238 valence electrons. The summed E-state index contributed by atoms with van der Waals surface area (Å²) in [5.74, 6) is -0.315. The molecule has 0 unspecified atom stereocenters. The lowest BCUT2D eigenvalue weighted by atomic mass is 9.91. The predicted molar refractivity (Wildman–Crippen MR) is 165 cm³/mol. The Labute approximate surface area is 263 Å². The zero-order valence-electron chi connectivity index (χ0n) is 25.4. The highest BCUT2D eigenvalue weighted by Crippen LogP contribution is 2.52. The van der Waals surface area contributed by atoms with Crippen LogP contribution in [0, 0.1) is 0 Å². The van der Waals surface area contributed by atoms with Gasteiger partial charge in [0.2, 0.25) is 0 Å². The molecule has 11 heteroatoms. The highest BCUT2D eigenvalue weighted by atomic mass is 19.4. The SMILES string of the molecule is CN(C)C(=O)c1cccc(-c2cccc(C3(c4nc5c(c(=O)[nH]4)CN(C(=O)[C@H](O)c4cccc(C(F)(F)F)c4)CCC5)CC3)c2)c1. The number of halogens is 3. The van der Waals surface area contributed by atoms with Crippen molar-refractivity contribution in [2.75, 3.05) is 20.6 Å². The molecule has 1 aromatic heterocycles. The van der Waals surface area contributed by atoms with Crippen molar-refractivity contribution < 1.29 is 27.9 Å². The largest absolute Gasteiger partial charge is 0.416 e. The number of hydrogen-bond donors (Lipinski definition) is 2. The van der Waals surface area contributed by atoms with Gasteiger partial charge in [0.1, 0.15) is 5.82 Å². The number of hydrogen-bond acceptors (Lipinski definition) is 5. The average molecular weight is 631 g/mol. The first-order valence-corrected chi connectivity index (χ1v) is 15.1. The van der Waals surface area contributed by atoms with E-state index in [9.17, 15) is 32.7 Å². The molecule has 1 saturated carbocycles. The topological polar surface area (TPSA) is 107 Å². The number of aliphatic hydroxyl groups is 1. The summed E-state index contributed by atoms with van der Waals surface area (Å²) in [7, 11) is 3.42. The van der Waals surface area contributed by atoms with Crippen LogP contribution in [0.5, 0.6) is 0 Å². The van der Waals surface area contributed by atoms with Crippen molar-refractivity contribution in [2.24, 2.45) is 0 Å². The molecule has 46 heavy (non-hydrogen) atoms. The zero-order valence-corrected chi connectivity index (χ0v) is 25.4. The van der Waals surface area contributed by atoms with Crippen LogP contribution in [0.1, 0.15) is 69.5 Å². The fraction of sp³-hybridized carbons (Fsp3) is 0.314. The molecule has 2 N–H and O–H groups in total. The highest BCUT2D eigenvalue weighted by molar-refractivity contribution is 5.95. The van der Waals surface area contributed by atoms with Gasteiger partial charge in [-0.2, -0.15) is 13.2 Å². The van der Waals surface area contributed by atoms with E-state index < -0.39 is 29.2 Å². The number of aromatic nitrogens is 2. The van der Waals surface area contributed by atoms with E-state index in [0.717, 1.165) is 47.7 Å². The van der Waals surface area contributed by atoms with Crippen molar-refractivity contribution in [3.8, 4) is 11.1 Å². The van der Waals surface area contributed by atoms with E-state index in [0.29, 0.717) is 35.5 Å². The Balaban J connectivity index is 1.26. The van der Waals surface area contributed by atoms with E-state index in [4.69, 9.17) is 4.98 Å². The van der Waals surface area contributed by atoms with Crippen LogP contribution in [-0.2, 0) is 29.4 Å². The summed E-state index contributed by atoms with van der Waals surface area (Å²) in [6.07, 6.45) is -3.96. The van der Waals surface area contributed by atoms with E-state index >= 15 is 0 Å². The first kappa shape index (κ1) is 31.2. The molecular formula is C35H33F3N4O4. The molecule has 6 rings (SSSR count). The Kier molecular flexibility index (Phi) is 8.05. The van der Waals surface area contributed by atoms with Crippen LogP contribution in [-0.4, -0.2) is 57.3 Å². The minimum atomic E-state index is -4.62. The minimum Gasteiger partial charge on any atom is -0.378 e. The molecule has 1 atom stereocenters. The van der Waals surface area contributed by atoms with Crippen LogP contribution in [0.4, 0.5) is 13.2 Å². The molecule has 2 heterocycles. The van der Waals surface area contributed by atoms with Gasteiger partial charge in [-0.15, -0.1) is 0 Å². The van der Waals surface area contributed by atoms with Crippen LogP contribution in [0.15, 0.2) is 77.6 Å². The van der Waals surface area contributed by atoms with Gasteiger partial charge >= 0.3 is 6.18 Å². The molecule has 0 saturated heterocycles. The third-order valence-corrected chi connectivity index (χ3v) is 8.83. The number of benzene rings is 3. The standard InChI is InChI=1S/C35H33F3N4O4/c1-41(2)31(45)24-10-3-7-21(17-24)22-8-4-11-25(18-22)34(14-15-34)33-39-28-13-6-16-42(20-27(28)30(44)40-33)32(46)29(43)23-9-5-12-26(19-23)35(36,37)38/h3-5,7-12,17-19,29,43H,6,13-16,20H2,1-2H3,(H,39,40,44)/t29-/m1/s1. The van der Waals surface area contributed by atoms with E-state index in [1.54, 1.807) is 20.2 Å². The summed E-state index contributed by atoms with van der Waals surface area (Å²) in [5, 5.41) is 10.7. The number of aromatic amines is 1. The molecule has 0 radical (unpaired) electrons. The van der Waals surface area contributed by atoms with E-state index in [1.807, 2.05) is 36.4 Å². The number of aryl methyl sites for hydroxylation is 1. The van der Waals surface area contributed by atoms with E-state index in [2.05, 4.69) is 11.1 Å². The zero-order chi connectivity index (χ0) is 32.8. The average Bonchev–Trinajstić information content (AvgIpc) is 3.88. The van der Waals surface area contributed by atoms with Gasteiger partial charge in [0.05, 0.1) is 28.8 Å². The molecule has 1 aliphatic heterocycles. The van der Waals surface area contributed by atoms with Crippen LogP contribution in [0.25, 0.3) is 11.1 Å². The van der Waals surface area contributed by atoms with Gasteiger partial charge in [-0.05, 0) is 72.2 Å². The van der Waals surface area contributed by atoms with Gasteiger partial charge < -0.3 is 19.9 Å². The van der Waals surface area contributed by atoms with Gasteiger partial charge in [0.25, 0.3) is 17.4 Å². The van der Waals surface area contributed by atoms with Crippen LogP contribution < -0.4 is 5.56 Å². The van der Waals surface area contributed by atoms with Crippen molar-refractivity contribution in [3.63, 3.8) is 0 Å². The van der Waals surface area contributed by atoms with Crippen molar-refractivity contribution in [1.29, 1.82) is 0 Å². The predicted octanol–water partition coefficient (Wildman–Crippen LogP) is 5.25. The fourth-order valence-electron chi connectivity index (χ4n) is 6.11. The van der Waals surface area contributed by atoms with Crippen LogP contribution in [0.3, 0.4) is 0 Å². The number of aliphatic hydroxyl groups excluding tert-OH is 1. The summed E-state index contributed by atoms with van der Waals surface area (Å²) in [6.45, 7) is 0.0971. The maximum Gasteiger partial charge on any atom is 0.416 e. The number of fused-ring (bicyclic) bond motifs is 1. The van der Waals surface area contributed by atoms with Crippen LogP contribution in [0.2, 0.25) is 0 Å². The van der Waals surface area contributed by atoms with Crippen molar-refractivity contribution in [1.82, 2.24) is 19.8 Å². The third kappa shape index (κ3) is 5.94. The smallest absolute Gasteiger partial charge is 0.378 e. The first-order chi connectivity index (χ1) is 21.9. The number of H-pyrrole nitrogens is 1. The second kappa shape index (κ2) is 11.9. The Morgan fingerprint density at radius 3 is 2.39 bits per heavy atom. The number of carbonyl (C=O) groups is 2. The Morgan fingerprint density at radius 2 is 1.70 bits per heavy atom. The van der Waals surface area contributed by atoms with E-state index in [1.165, 1.54) is 15.9 Å². The van der Waals surface area contributed by atoms with Gasteiger partial charge in [-0.3, -0.25) is 14.4 Å². The minimum absolute atomic E-state index is 0.0890. The molecule has 0 bridgehead atoms. The summed E-state index contributed by atoms with van der Waals surface area (Å²) in [6, 6.07) is 19.5. The maximum absolute atomic E-state index is 13.5. The lowest BCUT2D eigenvalue weighted by Crippen LogP contribution is -2.36. The third-order valence-electron chi connectivity index (χ3n) is 8.83. The second-order valence-corrected chi connectivity index (χ2v) is 12.2. The molecule has 8 nitrogen and oxygen atoms in total. The molecule has 2 amide bonds. The van der Waals surface area contributed by atoms with Crippen molar-refractivity contribution >= 4 is 11.8 Å². The molecule has 1 fully saturated rings. The molecule has 1 aliphatic carbocycles. The summed E-state index contributed by atoms with van der Waals surface area (Å²) in [5.41, 5.74) is 2.28. The number of alkyl halides is 3. The van der Waals surface area contributed by atoms with Gasteiger partial charge in [-0.1, -0.05) is 48.5 Å². The molecule has 3 aromatic carbocycles. The quantitative estimate of drug-likeness (QED) is 0.303. The summed E-state index contributed by atoms with van der Waals surface area (Å²) >= 11 is 0. The molecule has 2 aliphatic rings. The summed E-state index contributed by atoms with van der Waals surface area (Å²) in [4.78, 5) is 50.0. The lowest BCUT2D eigenvalue weighted by molar-refractivity contribution is -0.142. The second-order valence-electron chi connectivity index (χ2n) is 12.2. The molecule has 4 aromatic rings. The number of nitrogens with one attached hydrogen (secondary N) is 1. The number of amides is 2. The van der Waals surface area contributed by atoms with Crippen molar-refractivity contribution in [2.45, 2.75) is 49.9 Å². The highest BCUT2D eigenvalue weighted by Gasteiger charge is 2.49. The fourth-order valence-corrected chi connectivity index (χ4v) is 6.11. The number of carbonyl (C=O) groups excluding carboxylic acids is 2. The monoisotopic (exact) mass is 630 g/mol. The van der Waals surface area contributed by atoms with Gasteiger partial charge in [-0.25, -0.2) is 4.98 Å².